The molecular formula is C16H25N3O. The van der Waals surface area contributed by atoms with Gasteiger partial charge in [-0.3, -0.25) is 9.69 Å². The SMILES string of the molecule is CCC1CCN(CC(=O)N(C)c2ccc(N)cc2)CC1. The number of carbonyl (C=O) groups is 1. The molecule has 4 nitrogen and oxygen atoms in total. The van der Waals surface area contributed by atoms with Gasteiger partial charge in [-0.2, -0.15) is 0 Å². The van der Waals surface area contributed by atoms with Crippen LogP contribution in [0.25, 0.3) is 0 Å². The number of benzene rings is 1. The molecule has 1 amide bonds. The van der Waals surface area contributed by atoms with E-state index in [9.17, 15) is 4.79 Å². The molecule has 0 radical (unpaired) electrons. The minimum atomic E-state index is 0.143. The number of amides is 1. The fourth-order valence-electron chi connectivity index (χ4n) is 2.69. The maximum atomic E-state index is 12.3. The summed E-state index contributed by atoms with van der Waals surface area (Å²) in [6.07, 6.45) is 3.69. The number of anilines is 2. The van der Waals surface area contributed by atoms with E-state index in [4.69, 9.17) is 5.73 Å². The molecule has 0 aliphatic carbocycles. The molecule has 4 heteroatoms. The molecule has 2 N–H and O–H groups in total. The molecule has 1 saturated heterocycles. The highest BCUT2D eigenvalue weighted by molar-refractivity contribution is 5.94. The zero-order chi connectivity index (χ0) is 14.5. The van der Waals surface area contributed by atoms with Crippen LogP contribution in [-0.2, 0) is 4.79 Å². The van der Waals surface area contributed by atoms with E-state index in [0.717, 1.165) is 30.4 Å². The topological polar surface area (TPSA) is 49.6 Å². The number of likely N-dealkylation sites (N-methyl/N-ethyl adjacent to an activating group) is 1. The molecule has 0 saturated carbocycles. The van der Waals surface area contributed by atoms with Gasteiger partial charge in [-0.05, 0) is 56.1 Å². The third-order valence-electron chi connectivity index (χ3n) is 4.30. The quantitative estimate of drug-likeness (QED) is 0.858. The Labute approximate surface area is 121 Å². The number of nitrogens with two attached hydrogens (primary N) is 1. The van der Waals surface area contributed by atoms with Crippen LogP contribution in [0.5, 0.6) is 0 Å². The number of rotatable bonds is 4. The minimum absolute atomic E-state index is 0.143. The van der Waals surface area contributed by atoms with Crippen LogP contribution in [0.1, 0.15) is 26.2 Å². The van der Waals surface area contributed by atoms with Gasteiger partial charge in [0.25, 0.3) is 0 Å². The Bertz CT molecular complexity index is 436. The van der Waals surface area contributed by atoms with Crippen LogP contribution in [-0.4, -0.2) is 37.5 Å². The molecule has 1 aliphatic heterocycles. The number of likely N-dealkylation sites (tertiary alicyclic amines) is 1. The van der Waals surface area contributed by atoms with E-state index in [2.05, 4.69) is 11.8 Å². The molecule has 0 bridgehead atoms. The average Bonchev–Trinajstić information content (AvgIpc) is 2.48. The van der Waals surface area contributed by atoms with E-state index in [0.29, 0.717) is 6.54 Å². The lowest BCUT2D eigenvalue weighted by molar-refractivity contribution is -0.119. The molecule has 1 aliphatic rings. The Kier molecular flexibility index (Phi) is 5.01. The second-order valence-electron chi connectivity index (χ2n) is 5.67. The summed E-state index contributed by atoms with van der Waals surface area (Å²) in [5.74, 6) is 0.987. The van der Waals surface area contributed by atoms with Crippen molar-refractivity contribution in [1.29, 1.82) is 0 Å². The van der Waals surface area contributed by atoms with Crippen molar-refractivity contribution in [2.75, 3.05) is 37.3 Å². The standard InChI is InChI=1S/C16H25N3O/c1-3-13-8-10-19(11-9-13)12-16(20)18(2)15-6-4-14(17)5-7-15/h4-7,13H,3,8-12,17H2,1-2H3. The van der Waals surface area contributed by atoms with Crippen LogP contribution in [0.2, 0.25) is 0 Å². The summed E-state index contributed by atoms with van der Waals surface area (Å²) < 4.78 is 0. The lowest BCUT2D eigenvalue weighted by atomic mass is 9.94. The zero-order valence-electron chi connectivity index (χ0n) is 12.5. The molecule has 1 aromatic carbocycles. The predicted octanol–water partition coefficient (Wildman–Crippen LogP) is 2.35. The molecule has 0 atom stereocenters. The molecule has 1 aromatic rings. The van der Waals surface area contributed by atoms with Gasteiger partial charge in [-0.15, -0.1) is 0 Å². The van der Waals surface area contributed by atoms with E-state index >= 15 is 0 Å². The van der Waals surface area contributed by atoms with Crippen molar-refractivity contribution < 1.29 is 4.79 Å². The Hall–Kier alpha value is -1.55. The largest absolute Gasteiger partial charge is 0.399 e. The second kappa shape index (κ2) is 6.75. The summed E-state index contributed by atoms with van der Waals surface area (Å²) in [6, 6.07) is 7.42. The zero-order valence-corrected chi connectivity index (χ0v) is 12.5. The summed E-state index contributed by atoms with van der Waals surface area (Å²) in [6.45, 7) is 4.84. The van der Waals surface area contributed by atoms with Crippen molar-refractivity contribution in [2.45, 2.75) is 26.2 Å². The third kappa shape index (κ3) is 3.73. The first-order valence-electron chi connectivity index (χ1n) is 7.44. The van der Waals surface area contributed by atoms with Crippen molar-refractivity contribution in [3.05, 3.63) is 24.3 Å². The number of nitrogen functional groups attached to an aromatic ring is 1. The number of piperidine rings is 1. The van der Waals surface area contributed by atoms with Gasteiger partial charge in [0, 0.05) is 18.4 Å². The first kappa shape index (κ1) is 14.9. The van der Waals surface area contributed by atoms with Crippen molar-refractivity contribution in [3.63, 3.8) is 0 Å². The minimum Gasteiger partial charge on any atom is -0.399 e. The van der Waals surface area contributed by atoms with E-state index in [1.807, 2.05) is 31.3 Å². The first-order chi connectivity index (χ1) is 9.60. The van der Waals surface area contributed by atoms with Gasteiger partial charge in [0.1, 0.15) is 0 Å². The van der Waals surface area contributed by atoms with Gasteiger partial charge >= 0.3 is 0 Å². The summed E-state index contributed by atoms with van der Waals surface area (Å²) in [5, 5.41) is 0. The lowest BCUT2D eigenvalue weighted by Crippen LogP contribution is -2.42. The second-order valence-corrected chi connectivity index (χ2v) is 5.67. The normalized spacial score (nSPS) is 17.1. The van der Waals surface area contributed by atoms with Crippen LogP contribution < -0.4 is 10.6 Å². The van der Waals surface area contributed by atoms with Gasteiger partial charge < -0.3 is 10.6 Å². The Balaban J connectivity index is 1.87. The lowest BCUT2D eigenvalue weighted by Gasteiger charge is -2.32. The van der Waals surface area contributed by atoms with E-state index in [1.165, 1.54) is 19.3 Å². The molecule has 2 rings (SSSR count). The average molecular weight is 275 g/mol. The number of hydrogen-bond donors (Lipinski definition) is 1. The summed E-state index contributed by atoms with van der Waals surface area (Å²) in [4.78, 5) is 16.3. The van der Waals surface area contributed by atoms with Gasteiger partial charge in [0.15, 0.2) is 0 Å². The highest BCUT2D eigenvalue weighted by Gasteiger charge is 2.21. The van der Waals surface area contributed by atoms with Crippen LogP contribution in [0.15, 0.2) is 24.3 Å². The molecule has 0 aromatic heterocycles. The van der Waals surface area contributed by atoms with E-state index in [-0.39, 0.29) is 5.91 Å². The molecule has 0 unspecified atom stereocenters. The van der Waals surface area contributed by atoms with Gasteiger partial charge in [-0.1, -0.05) is 13.3 Å². The summed E-state index contributed by atoms with van der Waals surface area (Å²) in [5.41, 5.74) is 7.28. The van der Waals surface area contributed by atoms with Crippen LogP contribution >= 0.6 is 0 Å². The third-order valence-corrected chi connectivity index (χ3v) is 4.30. The maximum absolute atomic E-state index is 12.3. The molecular weight excluding hydrogens is 250 g/mol. The van der Waals surface area contributed by atoms with E-state index < -0.39 is 0 Å². The predicted molar refractivity (Wildman–Crippen MR) is 83.7 cm³/mol. The molecule has 1 fully saturated rings. The highest BCUT2D eigenvalue weighted by atomic mass is 16.2. The number of carbonyl (C=O) groups excluding carboxylic acids is 1. The molecule has 0 spiro atoms. The van der Waals surface area contributed by atoms with Gasteiger partial charge in [0.2, 0.25) is 5.91 Å². The van der Waals surface area contributed by atoms with Crippen LogP contribution in [0.3, 0.4) is 0 Å². The number of hydrogen-bond acceptors (Lipinski definition) is 3. The smallest absolute Gasteiger partial charge is 0.240 e. The van der Waals surface area contributed by atoms with Crippen LogP contribution in [0.4, 0.5) is 11.4 Å². The molecule has 110 valence electrons. The summed E-state index contributed by atoms with van der Waals surface area (Å²) in [7, 11) is 1.83. The fraction of sp³-hybridized carbons (Fsp3) is 0.562. The Morgan fingerprint density at radius 1 is 1.30 bits per heavy atom. The monoisotopic (exact) mass is 275 g/mol. The molecule has 20 heavy (non-hydrogen) atoms. The van der Waals surface area contributed by atoms with E-state index in [1.54, 1.807) is 4.90 Å². The fourth-order valence-corrected chi connectivity index (χ4v) is 2.69. The van der Waals surface area contributed by atoms with Crippen molar-refractivity contribution in [3.8, 4) is 0 Å². The van der Waals surface area contributed by atoms with Crippen molar-refractivity contribution in [1.82, 2.24) is 4.90 Å². The van der Waals surface area contributed by atoms with Crippen molar-refractivity contribution in [2.24, 2.45) is 5.92 Å². The molecule has 1 heterocycles. The highest BCUT2D eigenvalue weighted by Crippen LogP contribution is 2.20. The van der Waals surface area contributed by atoms with Gasteiger partial charge in [-0.25, -0.2) is 0 Å². The van der Waals surface area contributed by atoms with Crippen molar-refractivity contribution >= 4 is 17.3 Å². The van der Waals surface area contributed by atoms with Gasteiger partial charge in [0.05, 0.1) is 6.54 Å². The maximum Gasteiger partial charge on any atom is 0.240 e. The summed E-state index contributed by atoms with van der Waals surface area (Å²) >= 11 is 0. The Morgan fingerprint density at radius 3 is 2.45 bits per heavy atom. The first-order valence-corrected chi connectivity index (χ1v) is 7.44. The number of nitrogens with zero attached hydrogens (tertiary/aromatic N) is 2. The van der Waals surface area contributed by atoms with Crippen LogP contribution in [0, 0.1) is 5.92 Å². The Morgan fingerprint density at radius 2 is 1.90 bits per heavy atom.